The molecule has 1 fully saturated rings. The zero-order valence-corrected chi connectivity index (χ0v) is 27.5. The van der Waals surface area contributed by atoms with Gasteiger partial charge in [-0.2, -0.15) is 0 Å². The van der Waals surface area contributed by atoms with Gasteiger partial charge >= 0.3 is 30.0 Å². The molecule has 5 amide bonds. The zero-order chi connectivity index (χ0) is 35.8. The number of rotatable bonds is 19. The Morgan fingerprint density at radius 1 is 0.714 bits per heavy atom. The number of carbonyl (C=O) groups excluding carboxylic acids is 3. The summed E-state index contributed by atoms with van der Waals surface area (Å²) in [4.78, 5) is 72.3. The second kappa shape index (κ2) is 19.8. The minimum atomic E-state index is -1.50. The fraction of sp³-hybridized carbons (Fsp3) is 0.529. The van der Waals surface area contributed by atoms with E-state index >= 15 is 0 Å². The maximum absolute atomic E-state index is 13.3. The van der Waals surface area contributed by atoms with Crippen molar-refractivity contribution < 1.29 is 44.1 Å². The Morgan fingerprint density at radius 3 is 1.96 bits per heavy atom. The molecule has 268 valence electrons. The Balaban J connectivity index is 1.52. The normalized spacial score (nSPS) is 17.6. The van der Waals surface area contributed by atoms with E-state index in [2.05, 4.69) is 26.6 Å². The third kappa shape index (κ3) is 13.6. The number of aliphatic carboxylic acids is 3. The van der Waals surface area contributed by atoms with Gasteiger partial charge in [0, 0.05) is 25.9 Å². The van der Waals surface area contributed by atoms with Gasteiger partial charge < -0.3 is 47.6 Å². The summed E-state index contributed by atoms with van der Waals surface area (Å²) in [5.74, 6) is -3.55. The SMILES string of the molecule is NCC1CCC(CNC(=O)N[C@@H](Cc2ccc3ccccc3c2)C(=O)NCCCC[C@H](NC(=O)N[C@@H](CCC(=O)O)C(=O)O)C(=O)O)CC1. The van der Waals surface area contributed by atoms with Gasteiger partial charge in [0.15, 0.2) is 0 Å². The van der Waals surface area contributed by atoms with E-state index in [0.29, 0.717) is 31.3 Å². The summed E-state index contributed by atoms with van der Waals surface area (Å²) in [7, 11) is 0. The quantitative estimate of drug-likeness (QED) is 0.0976. The summed E-state index contributed by atoms with van der Waals surface area (Å²) in [6, 6.07) is 8.45. The Bertz CT molecular complexity index is 1450. The Hall–Kier alpha value is -4.92. The molecule has 0 spiro atoms. The number of hydrogen-bond acceptors (Lipinski definition) is 7. The minimum absolute atomic E-state index is 0.0140. The van der Waals surface area contributed by atoms with Crippen molar-refractivity contribution in [1.82, 2.24) is 26.6 Å². The molecule has 0 unspecified atom stereocenters. The largest absolute Gasteiger partial charge is 0.481 e. The average molecular weight is 685 g/mol. The molecule has 1 aliphatic carbocycles. The highest BCUT2D eigenvalue weighted by molar-refractivity contribution is 5.88. The summed E-state index contributed by atoms with van der Waals surface area (Å²) in [6.45, 7) is 1.35. The molecule has 0 aliphatic heterocycles. The molecule has 1 saturated carbocycles. The first-order valence-corrected chi connectivity index (χ1v) is 16.7. The number of carboxylic acids is 3. The van der Waals surface area contributed by atoms with Crippen LogP contribution in [0.2, 0.25) is 0 Å². The van der Waals surface area contributed by atoms with Crippen molar-refractivity contribution in [2.75, 3.05) is 19.6 Å². The molecule has 0 radical (unpaired) electrons. The summed E-state index contributed by atoms with van der Waals surface area (Å²) >= 11 is 0. The average Bonchev–Trinajstić information content (AvgIpc) is 3.07. The first-order chi connectivity index (χ1) is 23.4. The van der Waals surface area contributed by atoms with E-state index in [1.54, 1.807) is 0 Å². The van der Waals surface area contributed by atoms with Crippen LogP contribution in [0.1, 0.15) is 63.4 Å². The van der Waals surface area contributed by atoms with E-state index < -0.39 is 60.4 Å². The Kier molecular flexibility index (Phi) is 15.6. The Labute approximate surface area is 284 Å². The van der Waals surface area contributed by atoms with Gasteiger partial charge in [-0.05, 0) is 86.1 Å². The first kappa shape index (κ1) is 38.5. The van der Waals surface area contributed by atoms with Crippen LogP contribution in [0.25, 0.3) is 10.8 Å². The van der Waals surface area contributed by atoms with E-state index in [-0.39, 0.29) is 32.2 Å². The lowest BCUT2D eigenvalue weighted by atomic mass is 9.82. The third-order valence-corrected chi connectivity index (χ3v) is 8.80. The summed E-state index contributed by atoms with van der Waals surface area (Å²) in [5, 5.41) is 42.4. The van der Waals surface area contributed by atoms with Gasteiger partial charge in [-0.15, -0.1) is 0 Å². The molecule has 2 aromatic carbocycles. The topological polar surface area (TPSA) is 249 Å². The molecule has 2 aromatic rings. The molecule has 3 rings (SSSR count). The highest BCUT2D eigenvalue weighted by Crippen LogP contribution is 2.27. The molecule has 49 heavy (non-hydrogen) atoms. The maximum atomic E-state index is 13.3. The number of unbranched alkanes of at least 4 members (excludes halogenated alkanes) is 1. The van der Waals surface area contributed by atoms with Crippen LogP contribution in [-0.2, 0) is 25.6 Å². The molecule has 15 nitrogen and oxygen atoms in total. The van der Waals surface area contributed by atoms with Crippen LogP contribution in [0.5, 0.6) is 0 Å². The van der Waals surface area contributed by atoms with Crippen LogP contribution in [-0.4, -0.2) is 89.0 Å². The minimum Gasteiger partial charge on any atom is -0.481 e. The van der Waals surface area contributed by atoms with Gasteiger partial charge in [0.2, 0.25) is 5.91 Å². The molecule has 0 heterocycles. The number of carboxylic acid groups (broad SMARTS) is 3. The van der Waals surface area contributed by atoms with Crippen LogP contribution in [0.15, 0.2) is 42.5 Å². The van der Waals surface area contributed by atoms with Gasteiger partial charge in [-0.1, -0.05) is 42.5 Å². The number of hydrogen-bond donors (Lipinski definition) is 9. The fourth-order valence-electron chi connectivity index (χ4n) is 5.88. The van der Waals surface area contributed by atoms with Crippen LogP contribution in [0, 0.1) is 11.8 Å². The lowest BCUT2D eigenvalue weighted by molar-refractivity contribution is -0.140. The smallest absolute Gasteiger partial charge is 0.326 e. The van der Waals surface area contributed by atoms with Crippen molar-refractivity contribution in [3.63, 3.8) is 0 Å². The van der Waals surface area contributed by atoms with Crippen LogP contribution in [0.4, 0.5) is 9.59 Å². The third-order valence-electron chi connectivity index (χ3n) is 8.80. The van der Waals surface area contributed by atoms with Gasteiger partial charge in [0.25, 0.3) is 0 Å². The van der Waals surface area contributed by atoms with Crippen LogP contribution < -0.4 is 32.3 Å². The van der Waals surface area contributed by atoms with Crippen molar-refractivity contribution in [2.24, 2.45) is 17.6 Å². The lowest BCUT2D eigenvalue weighted by Crippen LogP contribution is -2.52. The van der Waals surface area contributed by atoms with Gasteiger partial charge in [-0.3, -0.25) is 9.59 Å². The predicted molar refractivity (Wildman–Crippen MR) is 181 cm³/mol. The van der Waals surface area contributed by atoms with Gasteiger partial charge in [0.1, 0.15) is 18.1 Å². The van der Waals surface area contributed by atoms with E-state index in [9.17, 15) is 39.0 Å². The molecule has 3 atom stereocenters. The van der Waals surface area contributed by atoms with E-state index in [0.717, 1.165) is 42.0 Å². The standard InChI is InChI=1S/C34H48N6O9/c35-19-21-8-10-22(11-9-21)20-37-33(48)40-28(18-23-12-13-24-5-1-2-6-25(24)17-23)30(43)36-16-4-3-7-26(31(44)45)38-34(49)39-27(32(46)47)14-15-29(41)42/h1-2,5-6,12-13,17,21-22,26-28H,3-4,7-11,14-16,18-20,35H2,(H,36,43)(H,41,42)(H,44,45)(H,46,47)(H2,37,40,48)(H2,38,39,49)/t21?,22?,26-,27-,28-/m0/s1. The Morgan fingerprint density at radius 2 is 1.33 bits per heavy atom. The van der Waals surface area contributed by atoms with E-state index in [4.69, 9.17) is 10.8 Å². The lowest BCUT2D eigenvalue weighted by Gasteiger charge is -2.28. The molecule has 0 aromatic heterocycles. The molecule has 15 heteroatoms. The second-order valence-corrected chi connectivity index (χ2v) is 12.5. The van der Waals surface area contributed by atoms with Crippen molar-refractivity contribution in [3.8, 4) is 0 Å². The van der Waals surface area contributed by atoms with E-state index in [1.807, 2.05) is 42.5 Å². The van der Waals surface area contributed by atoms with Crippen molar-refractivity contribution in [3.05, 3.63) is 48.0 Å². The molecule has 10 N–H and O–H groups in total. The highest BCUT2D eigenvalue weighted by atomic mass is 16.4. The number of nitrogens with two attached hydrogens (primary N) is 1. The summed E-state index contributed by atoms with van der Waals surface area (Å²) < 4.78 is 0. The number of carbonyl (C=O) groups is 6. The monoisotopic (exact) mass is 684 g/mol. The predicted octanol–water partition coefficient (Wildman–Crippen LogP) is 2.17. The number of fused-ring (bicyclic) bond motifs is 1. The highest BCUT2D eigenvalue weighted by Gasteiger charge is 2.26. The molecule has 0 saturated heterocycles. The van der Waals surface area contributed by atoms with Crippen LogP contribution >= 0.6 is 0 Å². The van der Waals surface area contributed by atoms with Crippen molar-refractivity contribution in [1.29, 1.82) is 0 Å². The van der Waals surface area contributed by atoms with Crippen LogP contribution in [0.3, 0.4) is 0 Å². The molecular formula is C34H48N6O9. The van der Waals surface area contributed by atoms with Crippen molar-refractivity contribution >= 4 is 46.6 Å². The van der Waals surface area contributed by atoms with Gasteiger partial charge in [-0.25, -0.2) is 19.2 Å². The van der Waals surface area contributed by atoms with E-state index in [1.165, 1.54) is 0 Å². The molecule has 0 bridgehead atoms. The number of amides is 5. The summed E-state index contributed by atoms with van der Waals surface area (Å²) in [6.07, 6.45) is 4.06. The first-order valence-electron chi connectivity index (χ1n) is 16.7. The number of benzene rings is 2. The zero-order valence-electron chi connectivity index (χ0n) is 27.5. The maximum Gasteiger partial charge on any atom is 0.326 e. The second-order valence-electron chi connectivity index (χ2n) is 12.5. The van der Waals surface area contributed by atoms with Crippen molar-refractivity contribution in [2.45, 2.75) is 82.3 Å². The number of urea groups is 2. The van der Waals surface area contributed by atoms with Gasteiger partial charge in [0.05, 0.1) is 0 Å². The fourth-order valence-corrected chi connectivity index (χ4v) is 5.88. The molecule has 1 aliphatic rings. The summed E-state index contributed by atoms with van der Waals surface area (Å²) in [5.41, 5.74) is 6.65. The molecular weight excluding hydrogens is 636 g/mol. The number of nitrogens with one attached hydrogen (secondary N) is 5.